The van der Waals surface area contributed by atoms with E-state index in [1.807, 2.05) is 13.0 Å². The Balaban J connectivity index is 3.12. The molecule has 1 rings (SSSR count). The number of aliphatic hydroxyl groups is 1. The molecule has 76 valence electrons. The molecular weight excluding hydrogens is 172 g/mol. The van der Waals surface area contributed by atoms with Gasteiger partial charge in [0.2, 0.25) is 0 Å². The molecule has 0 aliphatic rings. The van der Waals surface area contributed by atoms with Gasteiger partial charge in [0.25, 0.3) is 0 Å². The first kappa shape index (κ1) is 11.0. The van der Waals surface area contributed by atoms with E-state index in [1.165, 1.54) is 16.7 Å². The Hall–Kier alpha value is -1.08. The number of aryl methyl sites for hydroxylation is 2. The van der Waals surface area contributed by atoms with Gasteiger partial charge in [-0.15, -0.1) is 0 Å². The fraction of sp³-hybridized carbons (Fsp3) is 0.385. The van der Waals surface area contributed by atoms with Crippen molar-refractivity contribution in [3.63, 3.8) is 0 Å². The van der Waals surface area contributed by atoms with Gasteiger partial charge in [-0.25, -0.2) is 0 Å². The molecule has 0 amide bonds. The van der Waals surface area contributed by atoms with Crippen LogP contribution in [0.4, 0.5) is 0 Å². The van der Waals surface area contributed by atoms with Gasteiger partial charge in [-0.1, -0.05) is 29.8 Å². The van der Waals surface area contributed by atoms with Crippen LogP contribution in [0.1, 0.15) is 30.5 Å². The molecule has 1 heteroatoms. The number of hydrogen-bond donors (Lipinski definition) is 1. The summed E-state index contributed by atoms with van der Waals surface area (Å²) in [6.07, 6.45) is 1.50. The molecule has 0 radical (unpaired) electrons. The zero-order valence-electron chi connectivity index (χ0n) is 9.33. The van der Waals surface area contributed by atoms with Gasteiger partial charge in [-0.3, -0.25) is 0 Å². The third-order valence-electron chi connectivity index (χ3n) is 2.31. The molecule has 14 heavy (non-hydrogen) atoms. The van der Waals surface area contributed by atoms with Crippen molar-refractivity contribution in [2.24, 2.45) is 0 Å². The number of aliphatic hydroxyl groups excluding tert-OH is 1. The van der Waals surface area contributed by atoms with Crippen LogP contribution >= 0.6 is 0 Å². The molecule has 1 unspecified atom stereocenters. The van der Waals surface area contributed by atoms with Crippen molar-refractivity contribution >= 4 is 5.57 Å². The van der Waals surface area contributed by atoms with Crippen molar-refractivity contribution in [3.05, 3.63) is 41.0 Å². The highest BCUT2D eigenvalue weighted by Gasteiger charge is 2.01. The van der Waals surface area contributed by atoms with Gasteiger partial charge in [-0.2, -0.15) is 0 Å². The van der Waals surface area contributed by atoms with Gasteiger partial charge < -0.3 is 5.11 Å². The summed E-state index contributed by atoms with van der Waals surface area (Å²) in [5.74, 6) is 0. The summed E-state index contributed by atoms with van der Waals surface area (Å²) in [6.45, 7) is 7.98. The number of benzene rings is 1. The molecule has 0 fully saturated rings. The van der Waals surface area contributed by atoms with Crippen molar-refractivity contribution < 1.29 is 5.11 Å². The Bertz CT molecular complexity index is 348. The van der Waals surface area contributed by atoms with E-state index in [2.05, 4.69) is 32.0 Å². The average molecular weight is 190 g/mol. The summed E-state index contributed by atoms with van der Waals surface area (Å²) in [6, 6.07) is 6.38. The topological polar surface area (TPSA) is 20.2 Å². The summed E-state index contributed by atoms with van der Waals surface area (Å²) in [5.41, 5.74) is 4.88. The molecule has 1 aromatic carbocycles. The SMILES string of the molecule is C/C(=C/C(C)O)c1cc(C)ccc1C. The lowest BCUT2D eigenvalue weighted by molar-refractivity contribution is 0.244. The highest BCUT2D eigenvalue weighted by Crippen LogP contribution is 2.20. The molecule has 0 saturated carbocycles. The maximum absolute atomic E-state index is 9.27. The molecule has 0 saturated heterocycles. The van der Waals surface area contributed by atoms with E-state index in [9.17, 15) is 5.11 Å². The standard InChI is InChI=1S/C13H18O/c1-9-5-6-10(2)13(7-9)11(3)8-12(4)14/h5-8,12,14H,1-4H3/b11-8-. The minimum absolute atomic E-state index is 0.380. The first-order valence-electron chi connectivity index (χ1n) is 4.95. The van der Waals surface area contributed by atoms with Crippen molar-refractivity contribution in [2.45, 2.75) is 33.8 Å². The summed E-state index contributed by atoms with van der Waals surface area (Å²) >= 11 is 0. The second kappa shape index (κ2) is 4.43. The Morgan fingerprint density at radius 2 is 2.00 bits per heavy atom. The Morgan fingerprint density at radius 3 is 2.57 bits per heavy atom. The van der Waals surface area contributed by atoms with Gasteiger partial charge in [0.05, 0.1) is 6.10 Å². The third kappa shape index (κ3) is 2.71. The first-order valence-corrected chi connectivity index (χ1v) is 4.95. The summed E-state index contributed by atoms with van der Waals surface area (Å²) in [5, 5.41) is 9.27. The number of rotatable bonds is 2. The zero-order chi connectivity index (χ0) is 10.7. The van der Waals surface area contributed by atoms with Gasteiger partial charge in [-0.05, 0) is 44.4 Å². The van der Waals surface area contributed by atoms with E-state index in [1.54, 1.807) is 6.92 Å². The van der Waals surface area contributed by atoms with E-state index < -0.39 is 0 Å². The Kier molecular flexibility index (Phi) is 3.48. The van der Waals surface area contributed by atoms with Crippen LogP contribution in [0.15, 0.2) is 24.3 Å². The molecule has 1 aromatic rings. The van der Waals surface area contributed by atoms with E-state index in [0.717, 1.165) is 5.57 Å². The second-order valence-corrected chi connectivity index (χ2v) is 3.91. The predicted octanol–water partition coefficient (Wildman–Crippen LogP) is 3.09. The van der Waals surface area contributed by atoms with Crippen LogP contribution < -0.4 is 0 Å². The first-order chi connectivity index (χ1) is 6.50. The minimum atomic E-state index is -0.380. The predicted molar refractivity (Wildman–Crippen MR) is 61.2 cm³/mol. The molecule has 0 bridgehead atoms. The maximum atomic E-state index is 9.27. The van der Waals surface area contributed by atoms with Gasteiger partial charge in [0.1, 0.15) is 0 Å². The molecule has 0 heterocycles. The Morgan fingerprint density at radius 1 is 1.36 bits per heavy atom. The van der Waals surface area contributed by atoms with Gasteiger partial charge in [0.15, 0.2) is 0 Å². The van der Waals surface area contributed by atoms with Crippen LogP contribution in [-0.4, -0.2) is 11.2 Å². The monoisotopic (exact) mass is 190 g/mol. The summed E-state index contributed by atoms with van der Waals surface area (Å²) in [7, 11) is 0. The largest absolute Gasteiger partial charge is 0.389 e. The van der Waals surface area contributed by atoms with Crippen LogP contribution in [0.25, 0.3) is 5.57 Å². The maximum Gasteiger partial charge on any atom is 0.0698 e. The highest BCUT2D eigenvalue weighted by molar-refractivity contribution is 5.67. The smallest absolute Gasteiger partial charge is 0.0698 e. The van der Waals surface area contributed by atoms with Crippen molar-refractivity contribution in [2.75, 3.05) is 0 Å². The quantitative estimate of drug-likeness (QED) is 0.759. The molecule has 0 spiro atoms. The average Bonchev–Trinajstić information content (AvgIpc) is 2.08. The Labute approximate surface area is 86.1 Å². The van der Waals surface area contributed by atoms with Crippen molar-refractivity contribution in [3.8, 4) is 0 Å². The van der Waals surface area contributed by atoms with Crippen LogP contribution in [0, 0.1) is 13.8 Å². The fourth-order valence-corrected chi connectivity index (χ4v) is 1.61. The van der Waals surface area contributed by atoms with Gasteiger partial charge in [0, 0.05) is 0 Å². The zero-order valence-corrected chi connectivity index (χ0v) is 9.33. The third-order valence-corrected chi connectivity index (χ3v) is 2.31. The van der Waals surface area contributed by atoms with Crippen molar-refractivity contribution in [1.29, 1.82) is 0 Å². The summed E-state index contributed by atoms with van der Waals surface area (Å²) in [4.78, 5) is 0. The lowest BCUT2D eigenvalue weighted by atomic mass is 9.98. The fourth-order valence-electron chi connectivity index (χ4n) is 1.61. The minimum Gasteiger partial charge on any atom is -0.389 e. The van der Waals surface area contributed by atoms with E-state index in [4.69, 9.17) is 0 Å². The number of allylic oxidation sites excluding steroid dienone is 1. The normalized spacial score (nSPS) is 14.2. The molecule has 0 aromatic heterocycles. The molecule has 0 aliphatic heterocycles. The molecule has 1 atom stereocenters. The molecule has 0 aliphatic carbocycles. The van der Waals surface area contributed by atoms with E-state index >= 15 is 0 Å². The lowest BCUT2D eigenvalue weighted by Gasteiger charge is -2.08. The highest BCUT2D eigenvalue weighted by atomic mass is 16.3. The van der Waals surface area contributed by atoms with Gasteiger partial charge >= 0.3 is 0 Å². The van der Waals surface area contributed by atoms with Crippen molar-refractivity contribution in [1.82, 2.24) is 0 Å². The molecule has 1 N–H and O–H groups in total. The second-order valence-electron chi connectivity index (χ2n) is 3.91. The molecule has 1 nitrogen and oxygen atoms in total. The number of hydrogen-bond acceptors (Lipinski definition) is 1. The summed E-state index contributed by atoms with van der Waals surface area (Å²) < 4.78 is 0. The van der Waals surface area contributed by atoms with E-state index in [-0.39, 0.29) is 6.10 Å². The lowest BCUT2D eigenvalue weighted by Crippen LogP contribution is -1.96. The van der Waals surface area contributed by atoms with E-state index in [0.29, 0.717) is 0 Å². The van der Waals surface area contributed by atoms with Crippen LogP contribution in [0.5, 0.6) is 0 Å². The molecular formula is C13H18O. The van der Waals surface area contributed by atoms with Crippen LogP contribution in [0.2, 0.25) is 0 Å². The van der Waals surface area contributed by atoms with Crippen LogP contribution in [-0.2, 0) is 0 Å². The van der Waals surface area contributed by atoms with Crippen LogP contribution in [0.3, 0.4) is 0 Å².